The summed E-state index contributed by atoms with van der Waals surface area (Å²) < 4.78 is 18.3. The van der Waals surface area contributed by atoms with Gasteiger partial charge < -0.3 is 13.6 Å². The van der Waals surface area contributed by atoms with Crippen LogP contribution in [0.2, 0.25) is 0 Å². The second-order valence-electron chi connectivity index (χ2n) is 8.03. The zero-order valence-electron chi connectivity index (χ0n) is 16.8. The summed E-state index contributed by atoms with van der Waals surface area (Å²) in [4.78, 5) is 0. The molecule has 2 aromatic carbocycles. The molecule has 0 fully saturated rings. The summed E-state index contributed by atoms with van der Waals surface area (Å²) >= 11 is 0. The lowest BCUT2D eigenvalue weighted by Gasteiger charge is -2.30. The van der Waals surface area contributed by atoms with Crippen molar-refractivity contribution in [2.24, 2.45) is 0 Å². The van der Waals surface area contributed by atoms with Crippen molar-refractivity contribution in [2.45, 2.75) is 39.0 Å². The Morgan fingerprint density at radius 2 is 1.79 bits per heavy atom. The first-order valence-corrected chi connectivity index (χ1v) is 9.78. The van der Waals surface area contributed by atoms with Gasteiger partial charge in [-0.1, -0.05) is 36.8 Å². The second-order valence-corrected chi connectivity index (χ2v) is 8.03. The van der Waals surface area contributed by atoms with E-state index in [4.69, 9.17) is 13.6 Å². The van der Waals surface area contributed by atoms with Crippen LogP contribution in [0.3, 0.4) is 0 Å². The van der Waals surface area contributed by atoms with E-state index in [-0.39, 0.29) is 5.41 Å². The van der Waals surface area contributed by atoms with Crippen LogP contribution in [-0.4, -0.2) is 7.11 Å². The number of benzene rings is 2. The Labute approximate surface area is 164 Å². The van der Waals surface area contributed by atoms with Gasteiger partial charge in [0.1, 0.15) is 28.6 Å². The fourth-order valence-electron chi connectivity index (χ4n) is 4.68. The number of methoxy groups -OCH3 is 1. The molecule has 0 saturated carbocycles. The molecule has 1 atom stereocenters. The van der Waals surface area contributed by atoms with Gasteiger partial charge in [0.25, 0.3) is 0 Å². The van der Waals surface area contributed by atoms with E-state index in [1.54, 1.807) is 7.11 Å². The molecule has 4 aromatic rings. The number of ether oxygens (including phenoxy) is 1. The fraction of sp³-hybridized carbons (Fsp3) is 0.280. The van der Waals surface area contributed by atoms with Gasteiger partial charge in [0, 0.05) is 28.3 Å². The molecule has 5 rings (SSSR count). The minimum atomic E-state index is -0.225. The Hall–Kier alpha value is -2.94. The van der Waals surface area contributed by atoms with Crippen LogP contribution in [-0.2, 0) is 11.8 Å². The van der Waals surface area contributed by atoms with Crippen LogP contribution >= 0.6 is 0 Å². The average molecular weight is 372 g/mol. The van der Waals surface area contributed by atoms with Gasteiger partial charge in [-0.2, -0.15) is 0 Å². The van der Waals surface area contributed by atoms with E-state index in [9.17, 15) is 0 Å². The minimum absolute atomic E-state index is 0.225. The summed E-state index contributed by atoms with van der Waals surface area (Å²) in [5.74, 6) is 3.77. The Balaban J connectivity index is 1.82. The molecule has 0 bridgehead atoms. The quantitative estimate of drug-likeness (QED) is 0.399. The van der Waals surface area contributed by atoms with Crippen molar-refractivity contribution in [3.63, 3.8) is 0 Å². The monoisotopic (exact) mass is 372 g/mol. The molecule has 0 unspecified atom stereocenters. The molecule has 142 valence electrons. The minimum Gasteiger partial charge on any atom is -0.496 e. The molecule has 1 aliphatic rings. The van der Waals surface area contributed by atoms with E-state index in [2.05, 4.69) is 50.2 Å². The maximum Gasteiger partial charge on any atom is 0.142 e. The smallest absolute Gasteiger partial charge is 0.142 e. The molecule has 0 aliphatic heterocycles. The Morgan fingerprint density at radius 1 is 0.964 bits per heavy atom. The maximum atomic E-state index is 6.31. The van der Waals surface area contributed by atoms with Gasteiger partial charge in [0.2, 0.25) is 0 Å². The molecular weight excluding hydrogens is 348 g/mol. The van der Waals surface area contributed by atoms with Crippen molar-refractivity contribution >= 4 is 11.0 Å². The molecule has 0 radical (unpaired) electrons. The van der Waals surface area contributed by atoms with Crippen LogP contribution in [0.25, 0.3) is 22.3 Å². The number of hydrogen-bond acceptors (Lipinski definition) is 3. The van der Waals surface area contributed by atoms with Gasteiger partial charge in [0.15, 0.2) is 0 Å². The van der Waals surface area contributed by atoms with Crippen molar-refractivity contribution in [1.82, 2.24) is 0 Å². The number of rotatable bonds is 2. The molecule has 28 heavy (non-hydrogen) atoms. The van der Waals surface area contributed by atoms with Crippen molar-refractivity contribution in [2.75, 3.05) is 7.11 Å². The van der Waals surface area contributed by atoms with E-state index >= 15 is 0 Å². The Bertz CT molecular complexity index is 1190. The number of aryl methyl sites for hydroxylation is 3. The highest BCUT2D eigenvalue weighted by Gasteiger charge is 2.40. The lowest BCUT2D eigenvalue weighted by Crippen LogP contribution is -2.24. The molecular formula is C25H24O3. The lowest BCUT2D eigenvalue weighted by molar-refractivity contribution is 0.390. The highest BCUT2D eigenvalue weighted by Crippen LogP contribution is 2.51. The zero-order chi connectivity index (χ0) is 19.5. The number of hydrogen-bond donors (Lipinski definition) is 0. The fourth-order valence-corrected chi connectivity index (χ4v) is 4.68. The standard InChI is InChI=1S/C25H24O3/c1-15-9-10-20-17(13-15)23-22(28-20)11-12-25(3,19-14-16(2)27-24(19)23)18-7-5-6-8-21(18)26-4/h5-10,13-14H,11-12H2,1-4H3/t25-/m0/s1. The first kappa shape index (κ1) is 17.2. The van der Waals surface area contributed by atoms with Crippen LogP contribution in [0, 0.1) is 13.8 Å². The number of para-hydroxylation sites is 1. The van der Waals surface area contributed by atoms with Crippen molar-refractivity contribution in [3.8, 4) is 17.1 Å². The molecule has 0 N–H and O–H groups in total. The van der Waals surface area contributed by atoms with E-state index in [1.807, 2.05) is 19.1 Å². The van der Waals surface area contributed by atoms with Crippen LogP contribution in [0.1, 0.15) is 41.6 Å². The molecule has 1 aliphatic carbocycles. The van der Waals surface area contributed by atoms with Crippen LogP contribution in [0.4, 0.5) is 0 Å². The van der Waals surface area contributed by atoms with Crippen molar-refractivity contribution < 1.29 is 13.6 Å². The molecule has 0 amide bonds. The maximum absolute atomic E-state index is 6.31. The lowest BCUT2D eigenvalue weighted by atomic mass is 9.73. The second kappa shape index (κ2) is 6.03. The Morgan fingerprint density at radius 3 is 2.61 bits per heavy atom. The molecule has 0 saturated heterocycles. The van der Waals surface area contributed by atoms with Gasteiger partial charge in [-0.25, -0.2) is 0 Å². The summed E-state index contributed by atoms with van der Waals surface area (Å²) in [5, 5.41) is 1.13. The third-order valence-corrected chi connectivity index (χ3v) is 6.15. The average Bonchev–Trinajstić information content (AvgIpc) is 3.23. The normalized spacial score (nSPS) is 18.6. The summed E-state index contributed by atoms with van der Waals surface area (Å²) in [5.41, 5.74) is 5.43. The largest absolute Gasteiger partial charge is 0.496 e. The van der Waals surface area contributed by atoms with Gasteiger partial charge in [-0.15, -0.1) is 0 Å². The highest BCUT2D eigenvalue weighted by molar-refractivity contribution is 5.96. The van der Waals surface area contributed by atoms with Gasteiger partial charge >= 0.3 is 0 Å². The van der Waals surface area contributed by atoms with E-state index < -0.39 is 0 Å². The molecule has 3 nitrogen and oxygen atoms in total. The third kappa shape index (κ3) is 2.35. The van der Waals surface area contributed by atoms with E-state index in [1.165, 1.54) is 16.7 Å². The van der Waals surface area contributed by atoms with Gasteiger partial charge in [-0.3, -0.25) is 0 Å². The molecule has 2 heterocycles. The zero-order valence-corrected chi connectivity index (χ0v) is 16.8. The highest BCUT2D eigenvalue weighted by atomic mass is 16.5. The summed E-state index contributed by atoms with van der Waals surface area (Å²) in [7, 11) is 1.74. The summed E-state index contributed by atoms with van der Waals surface area (Å²) in [6, 6.07) is 16.8. The molecule has 3 heteroatoms. The van der Waals surface area contributed by atoms with Crippen LogP contribution in [0.15, 0.2) is 57.4 Å². The summed E-state index contributed by atoms with van der Waals surface area (Å²) in [6.45, 7) is 6.42. The van der Waals surface area contributed by atoms with Crippen molar-refractivity contribution in [1.29, 1.82) is 0 Å². The van der Waals surface area contributed by atoms with Crippen LogP contribution < -0.4 is 4.74 Å². The summed E-state index contributed by atoms with van der Waals surface area (Å²) in [6.07, 6.45) is 1.77. The SMILES string of the molecule is COc1ccccc1[C@]1(C)CCc2oc3ccc(C)cc3c2-c2oc(C)cc21. The first-order chi connectivity index (χ1) is 13.5. The first-order valence-electron chi connectivity index (χ1n) is 9.78. The predicted octanol–water partition coefficient (Wildman–Crippen LogP) is 6.57. The Kier molecular flexibility index (Phi) is 3.70. The molecule has 0 spiro atoms. The number of furan rings is 2. The van der Waals surface area contributed by atoms with Crippen LogP contribution in [0.5, 0.6) is 5.75 Å². The number of fused-ring (bicyclic) bond motifs is 5. The van der Waals surface area contributed by atoms with Crippen molar-refractivity contribution in [3.05, 3.63) is 76.7 Å². The van der Waals surface area contributed by atoms with E-state index in [0.717, 1.165) is 52.4 Å². The molecule has 2 aromatic heterocycles. The topological polar surface area (TPSA) is 35.5 Å². The predicted molar refractivity (Wildman–Crippen MR) is 111 cm³/mol. The van der Waals surface area contributed by atoms with Gasteiger partial charge in [0.05, 0.1) is 12.7 Å². The van der Waals surface area contributed by atoms with Gasteiger partial charge in [-0.05, 0) is 44.5 Å². The van der Waals surface area contributed by atoms with E-state index in [0.29, 0.717) is 0 Å². The third-order valence-electron chi connectivity index (χ3n) is 6.15.